The van der Waals surface area contributed by atoms with E-state index in [-0.39, 0.29) is 6.04 Å². The van der Waals surface area contributed by atoms with Crippen molar-refractivity contribution in [2.45, 2.75) is 19.4 Å². The average Bonchev–Trinajstić information content (AvgIpc) is 2.90. The van der Waals surface area contributed by atoms with E-state index >= 15 is 0 Å². The molecular formula is C12H15Cl2N3O. The molecule has 1 atom stereocenters. The standard InChI is InChI=1S/C12H15Cl2N3O/c1-3-5-15-10(8-4-6-18-12(8)14)11-9(13)7-16-17(11)2/h4,6-7,10,15H,3,5H2,1-2H3. The third-order valence-corrected chi connectivity index (χ3v) is 3.37. The molecule has 98 valence electrons. The van der Waals surface area contributed by atoms with E-state index in [1.165, 1.54) is 0 Å². The van der Waals surface area contributed by atoms with E-state index in [0.717, 1.165) is 24.2 Å². The Kier molecular flexibility index (Phi) is 4.32. The van der Waals surface area contributed by atoms with Crippen molar-refractivity contribution in [1.29, 1.82) is 0 Å². The molecule has 0 radical (unpaired) electrons. The monoisotopic (exact) mass is 287 g/mol. The Morgan fingerprint density at radius 1 is 1.50 bits per heavy atom. The van der Waals surface area contributed by atoms with Gasteiger partial charge in [-0.15, -0.1) is 0 Å². The van der Waals surface area contributed by atoms with Crippen molar-refractivity contribution >= 4 is 23.2 Å². The van der Waals surface area contributed by atoms with E-state index < -0.39 is 0 Å². The molecule has 0 aromatic carbocycles. The van der Waals surface area contributed by atoms with Crippen LogP contribution >= 0.6 is 23.2 Å². The van der Waals surface area contributed by atoms with Gasteiger partial charge in [0.15, 0.2) is 5.22 Å². The molecule has 6 heteroatoms. The minimum absolute atomic E-state index is 0.115. The molecule has 2 aromatic rings. The van der Waals surface area contributed by atoms with Crippen molar-refractivity contribution in [2.75, 3.05) is 6.54 Å². The molecule has 0 fully saturated rings. The molecule has 0 aliphatic heterocycles. The molecule has 0 aliphatic carbocycles. The zero-order chi connectivity index (χ0) is 13.1. The second kappa shape index (κ2) is 5.78. The van der Waals surface area contributed by atoms with Crippen molar-refractivity contribution in [2.24, 2.45) is 7.05 Å². The first-order valence-corrected chi connectivity index (χ1v) is 6.54. The van der Waals surface area contributed by atoms with Crippen molar-refractivity contribution in [3.05, 3.63) is 40.0 Å². The van der Waals surface area contributed by atoms with Gasteiger partial charge in [-0.25, -0.2) is 0 Å². The van der Waals surface area contributed by atoms with Crippen molar-refractivity contribution in [3.8, 4) is 0 Å². The molecule has 18 heavy (non-hydrogen) atoms. The summed E-state index contributed by atoms with van der Waals surface area (Å²) in [5.41, 5.74) is 1.75. The van der Waals surface area contributed by atoms with Crippen molar-refractivity contribution < 1.29 is 4.42 Å². The maximum atomic E-state index is 6.19. The summed E-state index contributed by atoms with van der Waals surface area (Å²) in [7, 11) is 1.86. The molecule has 2 rings (SSSR count). The Labute approximate surface area is 116 Å². The molecule has 2 heterocycles. The zero-order valence-electron chi connectivity index (χ0n) is 10.3. The summed E-state index contributed by atoms with van der Waals surface area (Å²) in [6.07, 6.45) is 4.22. The fraction of sp³-hybridized carbons (Fsp3) is 0.417. The smallest absolute Gasteiger partial charge is 0.198 e. The maximum absolute atomic E-state index is 6.19. The van der Waals surface area contributed by atoms with E-state index in [4.69, 9.17) is 27.6 Å². The Bertz CT molecular complexity index is 502. The van der Waals surface area contributed by atoms with Crippen LogP contribution in [0, 0.1) is 0 Å². The number of aryl methyl sites for hydroxylation is 1. The van der Waals surface area contributed by atoms with Gasteiger partial charge in [0.2, 0.25) is 0 Å². The Hall–Kier alpha value is -0.970. The van der Waals surface area contributed by atoms with Crippen LogP contribution in [0.15, 0.2) is 22.9 Å². The van der Waals surface area contributed by atoms with Crippen LogP contribution in [0.25, 0.3) is 0 Å². The second-order valence-electron chi connectivity index (χ2n) is 4.04. The summed E-state index contributed by atoms with van der Waals surface area (Å²) in [5.74, 6) is 0. The van der Waals surface area contributed by atoms with E-state index in [0.29, 0.717) is 10.2 Å². The molecule has 0 spiro atoms. The highest BCUT2D eigenvalue weighted by molar-refractivity contribution is 6.31. The summed E-state index contributed by atoms with van der Waals surface area (Å²) >= 11 is 12.2. The minimum Gasteiger partial charge on any atom is -0.453 e. The fourth-order valence-corrected chi connectivity index (χ4v) is 2.40. The predicted octanol–water partition coefficient (Wildman–Crippen LogP) is 3.41. The highest BCUT2D eigenvalue weighted by Gasteiger charge is 2.24. The van der Waals surface area contributed by atoms with Crippen LogP contribution in [0.5, 0.6) is 0 Å². The topological polar surface area (TPSA) is 43.0 Å². The molecular weight excluding hydrogens is 273 g/mol. The Morgan fingerprint density at radius 2 is 2.28 bits per heavy atom. The zero-order valence-corrected chi connectivity index (χ0v) is 11.8. The third kappa shape index (κ3) is 2.55. The summed E-state index contributed by atoms with van der Waals surface area (Å²) in [4.78, 5) is 0. The fourth-order valence-electron chi connectivity index (χ4n) is 1.90. The first kappa shape index (κ1) is 13.5. The van der Waals surface area contributed by atoms with Gasteiger partial charge in [0.05, 0.1) is 29.2 Å². The lowest BCUT2D eigenvalue weighted by Gasteiger charge is -2.18. The Morgan fingerprint density at radius 3 is 2.78 bits per heavy atom. The SMILES string of the molecule is CCCNC(c1ccoc1Cl)c1c(Cl)cnn1C. The van der Waals surface area contributed by atoms with E-state index in [1.54, 1.807) is 17.1 Å². The third-order valence-electron chi connectivity index (χ3n) is 2.77. The Balaban J connectivity index is 2.40. The molecule has 0 bridgehead atoms. The van der Waals surface area contributed by atoms with Gasteiger partial charge in [0.25, 0.3) is 0 Å². The largest absolute Gasteiger partial charge is 0.453 e. The predicted molar refractivity (Wildman–Crippen MR) is 72.1 cm³/mol. The van der Waals surface area contributed by atoms with Crippen molar-refractivity contribution in [1.82, 2.24) is 15.1 Å². The van der Waals surface area contributed by atoms with Gasteiger partial charge in [-0.05, 0) is 30.6 Å². The molecule has 0 amide bonds. The van der Waals surface area contributed by atoms with Gasteiger partial charge in [0.1, 0.15) is 0 Å². The van der Waals surface area contributed by atoms with Gasteiger partial charge in [0, 0.05) is 12.6 Å². The van der Waals surface area contributed by atoms with Crippen LogP contribution in [-0.2, 0) is 7.05 Å². The van der Waals surface area contributed by atoms with Gasteiger partial charge in [-0.2, -0.15) is 5.10 Å². The van der Waals surface area contributed by atoms with Crippen LogP contribution in [0.4, 0.5) is 0 Å². The van der Waals surface area contributed by atoms with E-state index in [1.807, 2.05) is 13.1 Å². The van der Waals surface area contributed by atoms with Crippen molar-refractivity contribution in [3.63, 3.8) is 0 Å². The lowest BCUT2D eigenvalue weighted by Crippen LogP contribution is -2.25. The van der Waals surface area contributed by atoms with E-state index in [2.05, 4.69) is 17.3 Å². The number of furan rings is 1. The van der Waals surface area contributed by atoms with Crippen LogP contribution in [0.1, 0.15) is 30.6 Å². The molecule has 0 aliphatic rings. The van der Waals surface area contributed by atoms with Gasteiger partial charge >= 0.3 is 0 Å². The quantitative estimate of drug-likeness (QED) is 0.916. The van der Waals surface area contributed by atoms with Crippen LogP contribution < -0.4 is 5.32 Å². The first-order chi connectivity index (χ1) is 8.65. The summed E-state index contributed by atoms with van der Waals surface area (Å²) < 4.78 is 6.90. The normalized spacial score (nSPS) is 12.9. The highest BCUT2D eigenvalue weighted by Crippen LogP contribution is 2.32. The van der Waals surface area contributed by atoms with E-state index in [9.17, 15) is 0 Å². The summed E-state index contributed by atoms with van der Waals surface area (Å²) in [6, 6.07) is 1.73. The van der Waals surface area contributed by atoms with Crippen LogP contribution in [0.2, 0.25) is 10.2 Å². The molecule has 0 saturated carbocycles. The van der Waals surface area contributed by atoms with Crippen LogP contribution in [-0.4, -0.2) is 16.3 Å². The maximum Gasteiger partial charge on any atom is 0.198 e. The first-order valence-electron chi connectivity index (χ1n) is 5.78. The summed E-state index contributed by atoms with van der Waals surface area (Å²) in [5, 5.41) is 8.55. The van der Waals surface area contributed by atoms with Gasteiger partial charge in [-0.1, -0.05) is 18.5 Å². The van der Waals surface area contributed by atoms with Crippen LogP contribution in [0.3, 0.4) is 0 Å². The summed E-state index contributed by atoms with van der Waals surface area (Å²) in [6.45, 7) is 2.96. The number of rotatable bonds is 5. The number of halogens is 2. The average molecular weight is 288 g/mol. The number of hydrogen-bond donors (Lipinski definition) is 1. The minimum atomic E-state index is -0.115. The number of nitrogens with zero attached hydrogens (tertiary/aromatic N) is 2. The molecule has 2 aromatic heterocycles. The number of nitrogens with one attached hydrogen (secondary N) is 1. The lowest BCUT2D eigenvalue weighted by molar-refractivity contribution is 0.532. The number of hydrogen-bond acceptors (Lipinski definition) is 3. The second-order valence-corrected chi connectivity index (χ2v) is 4.79. The molecule has 0 saturated heterocycles. The molecule has 1 unspecified atom stereocenters. The highest BCUT2D eigenvalue weighted by atomic mass is 35.5. The lowest BCUT2D eigenvalue weighted by atomic mass is 10.1. The molecule has 4 nitrogen and oxygen atoms in total. The molecule has 1 N–H and O–H groups in total. The van der Waals surface area contributed by atoms with Gasteiger partial charge in [-0.3, -0.25) is 4.68 Å². The number of aromatic nitrogens is 2. The van der Waals surface area contributed by atoms with Gasteiger partial charge < -0.3 is 9.73 Å².